The minimum absolute atomic E-state index is 0.126. The maximum absolute atomic E-state index is 13.4. The molecular formula is C26H30BrN3O4. The summed E-state index contributed by atoms with van der Waals surface area (Å²) < 4.78 is 6.48. The molecule has 4 rings (SSSR count). The molecule has 2 heterocycles. The summed E-state index contributed by atoms with van der Waals surface area (Å²) in [4.78, 5) is 42.1. The molecule has 0 bridgehead atoms. The van der Waals surface area contributed by atoms with Gasteiger partial charge >= 0.3 is 6.09 Å². The van der Waals surface area contributed by atoms with Gasteiger partial charge in [-0.2, -0.15) is 0 Å². The SMILES string of the molecule is O=C(NCCc1ccc(Br)cc1)[C@@H]1CCCN1C(=O)[C@@H]1CCCN1C(=O)OCc1ccccc1. The number of nitrogens with one attached hydrogen (secondary N) is 1. The summed E-state index contributed by atoms with van der Waals surface area (Å²) in [6.45, 7) is 1.71. The average molecular weight is 528 g/mol. The predicted octanol–water partition coefficient (Wildman–Crippen LogP) is 3.90. The van der Waals surface area contributed by atoms with Gasteiger partial charge in [-0.25, -0.2) is 4.79 Å². The van der Waals surface area contributed by atoms with Crippen molar-refractivity contribution in [3.63, 3.8) is 0 Å². The first-order valence-corrected chi connectivity index (χ1v) is 12.6. The summed E-state index contributed by atoms with van der Waals surface area (Å²) in [5.41, 5.74) is 2.04. The van der Waals surface area contributed by atoms with E-state index in [4.69, 9.17) is 4.74 Å². The molecule has 2 aliphatic rings. The number of nitrogens with zero attached hydrogens (tertiary/aromatic N) is 2. The van der Waals surface area contributed by atoms with Gasteiger partial charge in [0.05, 0.1) is 0 Å². The van der Waals surface area contributed by atoms with Gasteiger partial charge in [0.25, 0.3) is 0 Å². The number of carbonyl (C=O) groups excluding carboxylic acids is 3. The van der Waals surface area contributed by atoms with Crippen LogP contribution in [0.4, 0.5) is 4.79 Å². The molecule has 0 aromatic heterocycles. The van der Waals surface area contributed by atoms with E-state index in [1.165, 1.54) is 4.90 Å². The maximum Gasteiger partial charge on any atom is 0.410 e. The highest BCUT2D eigenvalue weighted by molar-refractivity contribution is 9.10. The Hall–Kier alpha value is -2.87. The lowest BCUT2D eigenvalue weighted by Gasteiger charge is -2.30. The normalized spacial score (nSPS) is 19.8. The lowest BCUT2D eigenvalue weighted by molar-refractivity contribution is -0.141. The first-order valence-electron chi connectivity index (χ1n) is 11.8. The van der Waals surface area contributed by atoms with E-state index in [1.54, 1.807) is 4.90 Å². The quantitative estimate of drug-likeness (QED) is 0.592. The van der Waals surface area contributed by atoms with Gasteiger partial charge in [0, 0.05) is 24.1 Å². The molecule has 2 aromatic rings. The largest absolute Gasteiger partial charge is 0.445 e. The number of rotatable bonds is 7. The van der Waals surface area contributed by atoms with Crippen molar-refractivity contribution in [3.8, 4) is 0 Å². The molecule has 0 aliphatic carbocycles. The summed E-state index contributed by atoms with van der Waals surface area (Å²) in [5, 5.41) is 2.99. The van der Waals surface area contributed by atoms with Crippen molar-refractivity contribution in [2.75, 3.05) is 19.6 Å². The fourth-order valence-electron chi connectivity index (χ4n) is 4.64. The van der Waals surface area contributed by atoms with Crippen molar-refractivity contribution < 1.29 is 19.1 Å². The van der Waals surface area contributed by atoms with Crippen molar-refractivity contribution in [1.82, 2.24) is 15.1 Å². The number of halogens is 1. The Morgan fingerprint density at radius 2 is 1.56 bits per heavy atom. The molecule has 34 heavy (non-hydrogen) atoms. The number of ether oxygens (including phenoxy) is 1. The van der Waals surface area contributed by atoms with E-state index < -0.39 is 18.2 Å². The monoisotopic (exact) mass is 527 g/mol. The van der Waals surface area contributed by atoms with Gasteiger partial charge in [-0.05, 0) is 55.4 Å². The highest BCUT2D eigenvalue weighted by Gasteiger charge is 2.42. The van der Waals surface area contributed by atoms with Crippen LogP contribution in [-0.4, -0.2) is 59.4 Å². The molecular weight excluding hydrogens is 498 g/mol. The summed E-state index contributed by atoms with van der Waals surface area (Å²) >= 11 is 3.42. The van der Waals surface area contributed by atoms with Gasteiger partial charge < -0.3 is 15.0 Å². The van der Waals surface area contributed by atoms with Crippen molar-refractivity contribution in [1.29, 1.82) is 0 Å². The highest BCUT2D eigenvalue weighted by atomic mass is 79.9. The molecule has 0 unspecified atom stereocenters. The number of hydrogen-bond donors (Lipinski definition) is 1. The maximum atomic E-state index is 13.4. The molecule has 3 amide bonds. The zero-order valence-electron chi connectivity index (χ0n) is 19.1. The minimum atomic E-state index is -0.570. The van der Waals surface area contributed by atoms with Gasteiger partial charge in [0.15, 0.2) is 0 Å². The third-order valence-corrected chi connectivity index (χ3v) is 6.97. The second-order valence-electron chi connectivity index (χ2n) is 8.75. The number of amides is 3. The molecule has 2 aliphatic heterocycles. The lowest BCUT2D eigenvalue weighted by atomic mass is 10.1. The van der Waals surface area contributed by atoms with Crippen molar-refractivity contribution in [2.45, 2.75) is 50.8 Å². The van der Waals surface area contributed by atoms with Crippen molar-refractivity contribution >= 4 is 33.8 Å². The van der Waals surface area contributed by atoms with Crippen molar-refractivity contribution in [2.24, 2.45) is 0 Å². The van der Waals surface area contributed by atoms with Gasteiger partial charge in [0.1, 0.15) is 18.7 Å². The number of likely N-dealkylation sites (tertiary alicyclic amines) is 2. The third-order valence-electron chi connectivity index (χ3n) is 6.44. The van der Waals surface area contributed by atoms with Crippen LogP contribution in [0.5, 0.6) is 0 Å². The van der Waals surface area contributed by atoms with Crippen LogP contribution in [0, 0.1) is 0 Å². The topological polar surface area (TPSA) is 79.0 Å². The van der Waals surface area contributed by atoms with E-state index in [0.717, 1.165) is 34.9 Å². The Kier molecular flexibility index (Phi) is 8.21. The highest BCUT2D eigenvalue weighted by Crippen LogP contribution is 2.26. The molecule has 1 N–H and O–H groups in total. The summed E-state index contributed by atoms with van der Waals surface area (Å²) in [6, 6.07) is 16.4. The minimum Gasteiger partial charge on any atom is -0.445 e. The van der Waals surface area contributed by atoms with Gasteiger partial charge in [-0.1, -0.05) is 58.4 Å². The van der Waals surface area contributed by atoms with E-state index in [0.29, 0.717) is 32.5 Å². The smallest absolute Gasteiger partial charge is 0.410 e. The van der Waals surface area contributed by atoms with E-state index in [9.17, 15) is 14.4 Å². The van der Waals surface area contributed by atoms with Gasteiger partial charge in [-0.15, -0.1) is 0 Å². The van der Waals surface area contributed by atoms with Crippen LogP contribution in [0.15, 0.2) is 59.1 Å². The molecule has 0 spiro atoms. The molecule has 7 nitrogen and oxygen atoms in total. The van der Waals surface area contributed by atoms with Crippen LogP contribution in [0.3, 0.4) is 0 Å². The van der Waals surface area contributed by atoms with Crippen LogP contribution in [0.2, 0.25) is 0 Å². The first kappa shape index (κ1) is 24.3. The Labute approximate surface area is 208 Å². The van der Waals surface area contributed by atoms with Crippen LogP contribution >= 0.6 is 15.9 Å². The zero-order valence-corrected chi connectivity index (χ0v) is 20.7. The Morgan fingerprint density at radius 3 is 2.29 bits per heavy atom. The van der Waals surface area contributed by atoms with Crippen LogP contribution in [-0.2, 0) is 27.4 Å². The summed E-state index contributed by atoms with van der Waals surface area (Å²) in [6.07, 6.45) is 3.00. The van der Waals surface area contributed by atoms with Crippen LogP contribution in [0.25, 0.3) is 0 Å². The molecule has 2 saturated heterocycles. The van der Waals surface area contributed by atoms with Crippen LogP contribution in [0.1, 0.15) is 36.8 Å². The molecule has 2 aromatic carbocycles. The molecule has 8 heteroatoms. The molecule has 2 atom stereocenters. The zero-order chi connectivity index (χ0) is 23.9. The number of carbonyl (C=O) groups is 3. The van der Waals surface area contributed by atoms with Gasteiger partial charge in [0.2, 0.25) is 11.8 Å². The molecule has 0 saturated carbocycles. The Balaban J connectivity index is 1.30. The number of hydrogen-bond acceptors (Lipinski definition) is 4. The Bertz CT molecular complexity index is 999. The fraction of sp³-hybridized carbons (Fsp3) is 0.423. The van der Waals surface area contributed by atoms with Crippen LogP contribution < -0.4 is 5.32 Å². The van der Waals surface area contributed by atoms with Crippen molar-refractivity contribution in [3.05, 3.63) is 70.2 Å². The molecule has 2 fully saturated rings. The lowest BCUT2D eigenvalue weighted by Crippen LogP contribution is -2.53. The number of benzene rings is 2. The molecule has 180 valence electrons. The third kappa shape index (κ3) is 5.97. The summed E-state index contributed by atoms with van der Waals surface area (Å²) in [7, 11) is 0. The standard InChI is InChI=1S/C26H30BrN3O4/c27-21-12-10-19(11-13-21)14-15-28-24(31)22-8-4-16-29(22)25(32)23-9-5-17-30(23)26(33)34-18-20-6-2-1-3-7-20/h1-3,6-7,10-13,22-23H,4-5,8-9,14-18H2,(H,28,31)/t22-,23-/m0/s1. The fourth-order valence-corrected chi connectivity index (χ4v) is 4.90. The average Bonchev–Trinajstić information content (AvgIpc) is 3.54. The van der Waals surface area contributed by atoms with E-state index >= 15 is 0 Å². The predicted molar refractivity (Wildman–Crippen MR) is 132 cm³/mol. The van der Waals surface area contributed by atoms with E-state index in [2.05, 4.69) is 21.2 Å². The second kappa shape index (κ2) is 11.5. The Morgan fingerprint density at radius 1 is 0.882 bits per heavy atom. The van der Waals surface area contributed by atoms with E-state index in [1.807, 2.05) is 54.6 Å². The molecule has 0 radical (unpaired) electrons. The summed E-state index contributed by atoms with van der Waals surface area (Å²) in [5.74, 6) is -0.279. The second-order valence-corrected chi connectivity index (χ2v) is 9.66. The van der Waals surface area contributed by atoms with E-state index in [-0.39, 0.29) is 18.4 Å². The first-order chi connectivity index (χ1) is 16.5. The van der Waals surface area contributed by atoms with Gasteiger partial charge in [-0.3, -0.25) is 14.5 Å².